The number of fused-ring (bicyclic) bond motifs is 1. The maximum atomic E-state index is 14.1. The van der Waals surface area contributed by atoms with Crippen molar-refractivity contribution >= 4 is 10.9 Å². The summed E-state index contributed by atoms with van der Waals surface area (Å²) >= 11 is 0. The zero-order valence-corrected chi connectivity index (χ0v) is 11.5. The highest BCUT2D eigenvalue weighted by Gasteiger charge is 2.14. The Bertz CT molecular complexity index is 837. The van der Waals surface area contributed by atoms with Crippen LogP contribution in [0, 0.1) is 12.7 Å². The molecule has 0 spiro atoms. The number of hydrogen-bond acceptors (Lipinski definition) is 5. The van der Waals surface area contributed by atoms with Crippen molar-refractivity contribution in [3.63, 3.8) is 0 Å². The Balaban J connectivity index is 2.31. The molecule has 0 fully saturated rings. The Hall–Kier alpha value is -2.76. The minimum absolute atomic E-state index is 0.184. The van der Waals surface area contributed by atoms with Gasteiger partial charge >= 0.3 is 0 Å². The molecule has 0 amide bonds. The first-order valence-corrected chi connectivity index (χ1v) is 6.24. The number of hydrogen-bond donors (Lipinski definition) is 1. The van der Waals surface area contributed by atoms with Gasteiger partial charge in [-0.25, -0.2) is 14.4 Å². The SMILES string of the molecule is COc1cc(-c2ncc(C)cc2F)cc2c(O)ncnc12. The molecule has 6 heteroatoms. The van der Waals surface area contributed by atoms with Crippen molar-refractivity contribution in [1.29, 1.82) is 0 Å². The van der Waals surface area contributed by atoms with Gasteiger partial charge < -0.3 is 9.84 Å². The monoisotopic (exact) mass is 285 g/mol. The molecule has 106 valence electrons. The lowest BCUT2D eigenvalue weighted by molar-refractivity contribution is 0.418. The molecule has 3 aromatic rings. The summed E-state index contributed by atoms with van der Waals surface area (Å²) in [6, 6.07) is 4.63. The maximum Gasteiger partial charge on any atom is 0.222 e. The highest BCUT2D eigenvalue weighted by Crippen LogP contribution is 2.34. The first-order valence-electron chi connectivity index (χ1n) is 6.24. The predicted octanol–water partition coefficient (Wildman–Crippen LogP) is 2.85. The number of nitrogens with zero attached hydrogens (tertiary/aromatic N) is 3. The molecule has 0 unspecified atom stereocenters. The van der Waals surface area contributed by atoms with Crippen molar-refractivity contribution in [2.45, 2.75) is 6.92 Å². The molecule has 2 heterocycles. The quantitative estimate of drug-likeness (QED) is 0.784. The van der Waals surface area contributed by atoms with Gasteiger partial charge in [-0.05, 0) is 30.7 Å². The number of aromatic nitrogens is 3. The Morgan fingerprint density at radius 1 is 1.14 bits per heavy atom. The molecule has 0 bridgehead atoms. The third-order valence-corrected chi connectivity index (χ3v) is 3.15. The van der Waals surface area contributed by atoms with Crippen LogP contribution in [0.15, 0.2) is 30.7 Å². The van der Waals surface area contributed by atoms with Gasteiger partial charge in [0.15, 0.2) is 0 Å². The largest absolute Gasteiger partial charge is 0.494 e. The number of ether oxygens (including phenoxy) is 1. The van der Waals surface area contributed by atoms with Gasteiger partial charge in [0.05, 0.1) is 12.5 Å². The van der Waals surface area contributed by atoms with Crippen LogP contribution in [0.5, 0.6) is 11.6 Å². The number of aromatic hydroxyl groups is 1. The number of halogens is 1. The molecule has 0 atom stereocenters. The number of rotatable bonds is 2. The number of pyridine rings is 1. The van der Waals surface area contributed by atoms with Gasteiger partial charge in [0.25, 0.3) is 0 Å². The van der Waals surface area contributed by atoms with E-state index in [4.69, 9.17) is 4.74 Å². The Morgan fingerprint density at radius 3 is 2.67 bits per heavy atom. The molecule has 0 aliphatic carbocycles. The van der Waals surface area contributed by atoms with E-state index in [1.807, 2.05) is 0 Å². The van der Waals surface area contributed by atoms with Crippen LogP contribution < -0.4 is 4.74 Å². The zero-order valence-electron chi connectivity index (χ0n) is 11.5. The highest BCUT2D eigenvalue weighted by molar-refractivity contribution is 5.92. The molecule has 2 aromatic heterocycles. The average Bonchev–Trinajstić information content (AvgIpc) is 2.47. The van der Waals surface area contributed by atoms with E-state index in [1.165, 1.54) is 19.5 Å². The van der Waals surface area contributed by atoms with Crippen molar-refractivity contribution in [2.75, 3.05) is 7.11 Å². The maximum absolute atomic E-state index is 14.1. The minimum Gasteiger partial charge on any atom is -0.494 e. The lowest BCUT2D eigenvalue weighted by Gasteiger charge is -2.09. The molecule has 0 aliphatic rings. The van der Waals surface area contributed by atoms with E-state index in [0.29, 0.717) is 22.2 Å². The number of aryl methyl sites for hydroxylation is 1. The topological polar surface area (TPSA) is 68.1 Å². The average molecular weight is 285 g/mol. The Morgan fingerprint density at radius 2 is 1.95 bits per heavy atom. The van der Waals surface area contributed by atoms with Gasteiger partial charge in [0.2, 0.25) is 5.88 Å². The normalized spacial score (nSPS) is 10.8. The molecular formula is C15H12FN3O2. The molecule has 21 heavy (non-hydrogen) atoms. The number of benzene rings is 1. The summed E-state index contributed by atoms with van der Waals surface area (Å²) in [7, 11) is 1.48. The van der Waals surface area contributed by atoms with E-state index in [9.17, 15) is 9.50 Å². The van der Waals surface area contributed by atoms with Crippen LogP contribution in [0.2, 0.25) is 0 Å². The fourth-order valence-corrected chi connectivity index (χ4v) is 2.16. The minimum atomic E-state index is -0.437. The van der Waals surface area contributed by atoms with Crippen molar-refractivity contribution in [1.82, 2.24) is 15.0 Å². The predicted molar refractivity (Wildman–Crippen MR) is 75.7 cm³/mol. The van der Waals surface area contributed by atoms with Gasteiger partial charge in [-0.15, -0.1) is 0 Å². The third kappa shape index (κ3) is 2.24. The van der Waals surface area contributed by atoms with Gasteiger partial charge in [0, 0.05) is 11.8 Å². The first kappa shape index (κ1) is 13.2. The molecular weight excluding hydrogens is 273 g/mol. The molecule has 3 rings (SSSR count). The van der Waals surface area contributed by atoms with Crippen molar-refractivity contribution in [3.8, 4) is 22.9 Å². The molecule has 0 saturated carbocycles. The summed E-state index contributed by atoms with van der Waals surface area (Å²) < 4.78 is 19.3. The summed E-state index contributed by atoms with van der Waals surface area (Å²) in [4.78, 5) is 11.9. The van der Waals surface area contributed by atoms with E-state index >= 15 is 0 Å². The lowest BCUT2D eigenvalue weighted by atomic mass is 10.1. The molecule has 0 saturated heterocycles. The van der Waals surface area contributed by atoms with Crippen molar-refractivity contribution in [3.05, 3.63) is 42.1 Å². The molecule has 1 aromatic carbocycles. The molecule has 0 radical (unpaired) electrons. The summed E-state index contributed by atoms with van der Waals surface area (Å²) in [5.74, 6) is -0.206. The molecule has 5 nitrogen and oxygen atoms in total. The van der Waals surface area contributed by atoms with Gasteiger partial charge in [0.1, 0.15) is 29.1 Å². The van der Waals surface area contributed by atoms with E-state index in [-0.39, 0.29) is 11.6 Å². The Kier molecular flexibility index (Phi) is 3.13. The molecule has 0 aliphatic heterocycles. The van der Waals surface area contributed by atoms with Gasteiger partial charge in [-0.3, -0.25) is 4.98 Å². The van der Waals surface area contributed by atoms with E-state index < -0.39 is 5.82 Å². The van der Waals surface area contributed by atoms with Crippen LogP contribution in [0.25, 0.3) is 22.2 Å². The fourth-order valence-electron chi connectivity index (χ4n) is 2.16. The standard InChI is InChI=1S/C15H12FN3O2/c1-8-3-11(16)13(17-6-8)9-4-10-14(12(5-9)21-2)18-7-19-15(10)20/h3-7H,1-2H3,(H,18,19,20). The summed E-state index contributed by atoms with van der Waals surface area (Å²) in [6.07, 6.45) is 2.82. The second kappa shape index (κ2) is 4.97. The highest BCUT2D eigenvalue weighted by atomic mass is 19.1. The van der Waals surface area contributed by atoms with Crippen molar-refractivity contribution in [2.24, 2.45) is 0 Å². The van der Waals surface area contributed by atoms with Gasteiger partial charge in [-0.1, -0.05) is 0 Å². The van der Waals surface area contributed by atoms with Gasteiger partial charge in [-0.2, -0.15) is 0 Å². The van der Waals surface area contributed by atoms with E-state index in [0.717, 1.165) is 5.56 Å². The van der Waals surface area contributed by atoms with E-state index in [1.54, 1.807) is 25.3 Å². The number of methoxy groups -OCH3 is 1. The van der Waals surface area contributed by atoms with E-state index in [2.05, 4.69) is 15.0 Å². The second-order valence-electron chi connectivity index (χ2n) is 4.62. The van der Waals surface area contributed by atoms with Crippen LogP contribution in [0.3, 0.4) is 0 Å². The molecule has 1 N–H and O–H groups in total. The second-order valence-corrected chi connectivity index (χ2v) is 4.62. The third-order valence-electron chi connectivity index (χ3n) is 3.15. The smallest absolute Gasteiger partial charge is 0.222 e. The fraction of sp³-hybridized carbons (Fsp3) is 0.133. The first-order chi connectivity index (χ1) is 10.1. The van der Waals surface area contributed by atoms with Crippen molar-refractivity contribution < 1.29 is 14.2 Å². The van der Waals surface area contributed by atoms with Crippen LogP contribution in [-0.4, -0.2) is 27.2 Å². The summed E-state index contributed by atoms with van der Waals surface area (Å²) in [5, 5.41) is 10.2. The summed E-state index contributed by atoms with van der Waals surface area (Å²) in [5.41, 5.74) is 1.86. The lowest BCUT2D eigenvalue weighted by Crippen LogP contribution is -1.94. The van der Waals surface area contributed by atoms with Crippen LogP contribution in [-0.2, 0) is 0 Å². The van der Waals surface area contributed by atoms with Crippen LogP contribution >= 0.6 is 0 Å². The Labute approximate surface area is 120 Å². The summed E-state index contributed by atoms with van der Waals surface area (Å²) in [6.45, 7) is 1.76. The van der Waals surface area contributed by atoms with Crippen LogP contribution in [0.4, 0.5) is 4.39 Å². The van der Waals surface area contributed by atoms with Crippen LogP contribution in [0.1, 0.15) is 5.56 Å². The zero-order chi connectivity index (χ0) is 15.0.